The first kappa shape index (κ1) is 18.3. The predicted molar refractivity (Wildman–Crippen MR) is 95.9 cm³/mol. The number of halogens is 2. The van der Waals surface area contributed by atoms with Crippen LogP contribution in [-0.4, -0.2) is 18.3 Å². The number of carbonyl (C=O) groups is 1. The van der Waals surface area contributed by atoms with E-state index in [-0.39, 0.29) is 12.6 Å². The van der Waals surface area contributed by atoms with Gasteiger partial charge in [-0.05, 0) is 43.7 Å². The number of hydrogen-bond donors (Lipinski definition) is 0. The fourth-order valence-corrected chi connectivity index (χ4v) is 2.28. The van der Waals surface area contributed by atoms with Crippen LogP contribution in [-0.2, 0) is 16.2 Å². The molecule has 0 amide bonds. The molecule has 0 saturated carbocycles. The van der Waals surface area contributed by atoms with Crippen LogP contribution in [0.25, 0.3) is 0 Å². The lowest BCUT2D eigenvalue weighted by Crippen LogP contribution is -2.05. The maximum absolute atomic E-state index is 11.7. The van der Waals surface area contributed by atoms with Crippen LogP contribution in [0.2, 0.25) is 10.0 Å². The molecule has 2 aromatic carbocycles. The second kappa shape index (κ2) is 8.71. The average Bonchev–Trinajstić information content (AvgIpc) is 2.57. The van der Waals surface area contributed by atoms with Gasteiger partial charge in [0.1, 0.15) is 6.61 Å². The van der Waals surface area contributed by atoms with Crippen molar-refractivity contribution in [2.45, 2.75) is 20.5 Å². The third kappa shape index (κ3) is 4.98. The Bertz CT molecular complexity index is 760. The Morgan fingerprint density at radius 1 is 1.08 bits per heavy atom. The zero-order chi connectivity index (χ0) is 17.5. The number of rotatable bonds is 6. The number of esters is 1. The number of carbonyl (C=O) groups excluding carboxylic acids is 1. The van der Waals surface area contributed by atoms with Crippen molar-refractivity contribution in [2.24, 2.45) is 5.16 Å². The first-order valence-corrected chi connectivity index (χ1v) is 8.15. The van der Waals surface area contributed by atoms with Crippen molar-refractivity contribution >= 4 is 34.9 Å². The van der Waals surface area contributed by atoms with E-state index in [0.29, 0.717) is 27.9 Å². The van der Waals surface area contributed by atoms with E-state index in [1.165, 1.54) is 0 Å². The minimum atomic E-state index is -0.352. The van der Waals surface area contributed by atoms with Gasteiger partial charge < -0.3 is 9.57 Å². The minimum absolute atomic E-state index is 0.242. The van der Waals surface area contributed by atoms with Crippen molar-refractivity contribution in [3.63, 3.8) is 0 Å². The first-order chi connectivity index (χ1) is 11.5. The van der Waals surface area contributed by atoms with Crippen molar-refractivity contribution in [3.05, 3.63) is 69.2 Å². The van der Waals surface area contributed by atoms with E-state index in [0.717, 1.165) is 11.1 Å². The van der Waals surface area contributed by atoms with Crippen molar-refractivity contribution in [3.8, 4) is 0 Å². The number of nitrogens with zero attached hydrogens (tertiary/aromatic N) is 1. The van der Waals surface area contributed by atoms with Crippen LogP contribution in [0, 0.1) is 0 Å². The Kier molecular flexibility index (Phi) is 6.64. The topological polar surface area (TPSA) is 47.9 Å². The van der Waals surface area contributed by atoms with Crippen LogP contribution in [0.15, 0.2) is 47.6 Å². The van der Waals surface area contributed by atoms with Crippen molar-refractivity contribution in [1.82, 2.24) is 0 Å². The Labute approximate surface area is 151 Å². The third-order valence-corrected chi connectivity index (χ3v) is 3.95. The highest BCUT2D eigenvalue weighted by molar-refractivity contribution is 6.42. The predicted octanol–water partition coefficient (Wildman–Crippen LogP) is 5.11. The van der Waals surface area contributed by atoms with Crippen molar-refractivity contribution < 1.29 is 14.4 Å². The summed E-state index contributed by atoms with van der Waals surface area (Å²) in [6.07, 6.45) is 0. The molecule has 0 aliphatic carbocycles. The van der Waals surface area contributed by atoms with Crippen LogP contribution >= 0.6 is 23.2 Å². The van der Waals surface area contributed by atoms with Gasteiger partial charge in [-0.15, -0.1) is 0 Å². The fraction of sp³-hybridized carbons (Fsp3) is 0.222. The summed E-state index contributed by atoms with van der Waals surface area (Å²) in [5, 5.41) is 5.02. The van der Waals surface area contributed by atoms with Crippen LogP contribution in [0.5, 0.6) is 0 Å². The second-order valence-corrected chi connectivity index (χ2v) is 5.81. The molecule has 0 radical (unpaired) electrons. The summed E-state index contributed by atoms with van der Waals surface area (Å²) in [6, 6.07) is 12.3. The van der Waals surface area contributed by atoms with E-state index in [1.807, 2.05) is 19.1 Å². The van der Waals surface area contributed by atoms with Gasteiger partial charge in [0.25, 0.3) is 0 Å². The van der Waals surface area contributed by atoms with Crippen LogP contribution in [0.1, 0.15) is 35.3 Å². The van der Waals surface area contributed by atoms with Gasteiger partial charge in [0.2, 0.25) is 0 Å². The van der Waals surface area contributed by atoms with Crippen LogP contribution in [0.4, 0.5) is 0 Å². The van der Waals surface area contributed by atoms with E-state index in [9.17, 15) is 4.79 Å². The average molecular weight is 366 g/mol. The molecule has 0 unspecified atom stereocenters. The van der Waals surface area contributed by atoms with Gasteiger partial charge in [-0.3, -0.25) is 0 Å². The van der Waals surface area contributed by atoms with E-state index in [1.54, 1.807) is 37.3 Å². The van der Waals surface area contributed by atoms with Crippen LogP contribution in [0.3, 0.4) is 0 Å². The van der Waals surface area contributed by atoms with E-state index < -0.39 is 0 Å². The molecule has 0 aliphatic rings. The molecule has 0 aromatic heterocycles. The number of oxime groups is 1. The minimum Gasteiger partial charge on any atom is -0.462 e. The molecule has 24 heavy (non-hydrogen) atoms. The normalized spacial score (nSPS) is 11.2. The van der Waals surface area contributed by atoms with E-state index in [4.69, 9.17) is 32.8 Å². The maximum Gasteiger partial charge on any atom is 0.338 e. The molecule has 0 heterocycles. The molecule has 4 nitrogen and oxygen atoms in total. The number of hydrogen-bond acceptors (Lipinski definition) is 4. The molecule has 0 spiro atoms. The van der Waals surface area contributed by atoms with E-state index >= 15 is 0 Å². The van der Waals surface area contributed by atoms with Gasteiger partial charge in [0.05, 0.1) is 27.9 Å². The highest BCUT2D eigenvalue weighted by Gasteiger charge is 2.07. The molecular weight excluding hydrogens is 349 g/mol. The van der Waals surface area contributed by atoms with Gasteiger partial charge in [-0.25, -0.2) is 4.79 Å². The standard InChI is InChI=1S/C18H17Cl2NO3/c1-3-23-18(22)15-6-4-5-13(9-15)11-24-21-12(2)14-7-8-16(19)17(20)10-14/h4-10H,3,11H2,1-2H3/b21-12+. The summed E-state index contributed by atoms with van der Waals surface area (Å²) in [4.78, 5) is 17.1. The highest BCUT2D eigenvalue weighted by Crippen LogP contribution is 2.23. The largest absolute Gasteiger partial charge is 0.462 e. The summed E-state index contributed by atoms with van der Waals surface area (Å²) in [5.41, 5.74) is 2.81. The van der Waals surface area contributed by atoms with Gasteiger partial charge in [0, 0.05) is 5.56 Å². The summed E-state index contributed by atoms with van der Waals surface area (Å²) < 4.78 is 4.97. The van der Waals surface area contributed by atoms with Crippen LogP contribution < -0.4 is 0 Å². The molecule has 0 aliphatic heterocycles. The van der Waals surface area contributed by atoms with Gasteiger partial charge in [0.15, 0.2) is 0 Å². The maximum atomic E-state index is 11.7. The lowest BCUT2D eigenvalue weighted by molar-refractivity contribution is 0.0526. The Morgan fingerprint density at radius 3 is 2.58 bits per heavy atom. The van der Waals surface area contributed by atoms with Gasteiger partial charge in [-0.1, -0.05) is 46.6 Å². The Hall–Kier alpha value is -2.04. The molecule has 0 N–H and O–H groups in total. The quantitative estimate of drug-likeness (QED) is 0.405. The summed E-state index contributed by atoms with van der Waals surface area (Å²) in [6.45, 7) is 4.17. The van der Waals surface area contributed by atoms with Gasteiger partial charge >= 0.3 is 5.97 Å². The molecule has 0 atom stereocenters. The lowest BCUT2D eigenvalue weighted by atomic mass is 10.1. The Balaban J connectivity index is 2.01. The zero-order valence-corrected chi connectivity index (χ0v) is 14.9. The molecule has 0 fully saturated rings. The third-order valence-electron chi connectivity index (χ3n) is 3.21. The van der Waals surface area contributed by atoms with Crippen molar-refractivity contribution in [1.29, 1.82) is 0 Å². The van der Waals surface area contributed by atoms with Gasteiger partial charge in [-0.2, -0.15) is 0 Å². The molecule has 2 rings (SSSR count). The highest BCUT2D eigenvalue weighted by atomic mass is 35.5. The molecule has 0 saturated heterocycles. The molecule has 2 aromatic rings. The van der Waals surface area contributed by atoms with Crippen molar-refractivity contribution in [2.75, 3.05) is 6.61 Å². The molecule has 6 heteroatoms. The molecule has 126 valence electrons. The molecular formula is C18H17Cl2NO3. The summed E-state index contributed by atoms with van der Waals surface area (Å²) in [5.74, 6) is -0.352. The summed E-state index contributed by atoms with van der Waals surface area (Å²) >= 11 is 11.9. The molecule has 0 bridgehead atoms. The smallest absolute Gasteiger partial charge is 0.338 e. The Morgan fingerprint density at radius 2 is 1.88 bits per heavy atom. The monoisotopic (exact) mass is 365 g/mol. The summed E-state index contributed by atoms with van der Waals surface area (Å²) in [7, 11) is 0. The fourth-order valence-electron chi connectivity index (χ4n) is 1.98. The lowest BCUT2D eigenvalue weighted by Gasteiger charge is -2.06. The zero-order valence-electron chi connectivity index (χ0n) is 13.4. The van der Waals surface area contributed by atoms with E-state index in [2.05, 4.69) is 5.16 Å². The number of benzene rings is 2. The first-order valence-electron chi connectivity index (χ1n) is 7.39. The second-order valence-electron chi connectivity index (χ2n) is 5.00. The SMILES string of the molecule is CCOC(=O)c1cccc(CO/N=C(\C)c2ccc(Cl)c(Cl)c2)c1. The number of ether oxygens (including phenoxy) is 1.